The second kappa shape index (κ2) is 8.02. The third kappa shape index (κ3) is 4.10. The lowest BCUT2D eigenvalue weighted by Gasteiger charge is -2.58. The van der Waals surface area contributed by atoms with Crippen molar-refractivity contribution in [3.63, 3.8) is 0 Å². The second-order valence-corrected chi connectivity index (χ2v) is 11.9. The monoisotopic (exact) mass is 487 g/mol. The number of hydrogen-bond donors (Lipinski definition) is 3. The number of nitrogens with two attached hydrogens (primary N) is 1. The minimum atomic E-state index is -3.81. The number of amides is 2. The van der Waals surface area contributed by atoms with Gasteiger partial charge < -0.3 is 11.1 Å². The van der Waals surface area contributed by atoms with Crippen LogP contribution in [0.4, 0.5) is 5.69 Å². The van der Waals surface area contributed by atoms with E-state index >= 15 is 0 Å². The van der Waals surface area contributed by atoms with Crippen LogP contribution in [0.3, 0.4) is 0 Å². The van der Waals surface area contributed by atoms with Gasteiger partial charge in [-0.25, -0.2) is 8.42 Å². The molecule has 33 heavy (non-hydrogen) atoms. The van der Waals surface area contributed by atoms with E-state index in [9.17, 15) is 18.0 Å². The fourth-order valence-electron chi connectivity index (χ4n) is 6.35. The van der Waals surface area contributed by atoms with Crippen molar-refractivity contribution in [2.45, 2.75) is 43.0 Å². The molecular formula is C24H26ClN3O4S. The quantitative estimate of drug-likeness (QED) is 0.577. The zero-order valence-corrected chi connectivity index (χ0v) is 19.5. The first kappa shape index (κ1) is 22.2. The van der Waals surface area contributed by atoms with Crippen molar-refractivity contribution in [3.8, 4) is 0 Å². The third-order valence-electron chi connectivity index (χ3n) is 7.59. The normalized spacial score (nSPS) is 30.1. The van der Waals surface area contributed by atoms with Gasteiger partial charge in [0.15, 0.2) is 0 Å². The fourth-order valence-corrected chi connectivity index (χ4v) is 7.52. The first-order valence-electron chi connectivity index (χ1n) is 11.1. The van der Waals surface area contributed by atoms with Crippen LogP contribution < -0.4 is 15.8 Å². The van der Waals surface area contributed by atoms with Crippen molar-refractivity contribution < 1.29 is 18.0 Å². The SMILES string of the molecule is NC(=O)C12CC3CC(C1)C(NC(=O)c1cccc(NS(=O)(=O)c4ccc(Cl)cc4)c1)C(C3)C2. The molecule has 0 radical (unpaired) electrons. The average molecular weight is 488 g/mol. The van der Waals surface area contributed by atoms with E-state index in [-0.39, 0.29) is 34.6 Å². The van der Waals surface area contributed by atoms with Gasteiger partial charge in [0.1, 0.15) is 0 Å². The van der Waals surface area contributed by atoms with Crippen LogP contribution >= 0.6 is 11.6 Å². The van der Waals surface area contributed by atoms with E-state index in [1.165, 1.54) is 30.3 Å². The summed E-state index contributed by atoms with van der Waals surface area (Å²) in [4.78, 5) is 25.3. The van der Waals surface area contributed by atoms with Crippen LogP contribution in [0.2, 0.25) is 5.02 Å². The average Bonchev–Trinajstić information content (AvgIpc) is 2.76. The van der Waals surface area contributed by atoms with Crippen LogP contribution in [0.5, 0.6) is 0 Å². The van der Waals surface area contributed by atoms with E-state index in [1.807, 2.05) is 0 Å². The number of halogens is 1. The number of primary amides is 1. The number of carbonyl (C=O) groups excluding carboxylic acids is 2. The highest BCUT2D eigenvalue weighted by atomic mass is 35.5. The number of nitrogens with one attached hydrogen (secondary N) is 2. The van der Waals surface area contributed by atoms with Crippen molar-refractivity contribution >= 4 is 39.1 Å². The number of rotatable bonds is 6. The Bertz CT molecular complexity index is 1200. The van der Waals surface area contributed by atoms with E-state index < -0.39 is 15.4 Å². The van der Waals surface area contributed by atoms with Crippen molar-refractivity contribution in [2.75, 3.05) is 4.72 Å². The Balaban J connectivity index is 1.30. The van der Waals surface area contributed by atoms with Gasteiger partial charge in [-0.3, -0.25) is 14.3 Å². The van der Waals surface area contributed by atoms with Crippen molar-refractivity contribution in [1.29, 1.82) is 0 Å². The molecule has 4 aliphatic rings. The summed E-state index contributed by atoms with van der Waals surface area (Å²) in [6.07, 6.45) is 4.38. The Morgan fingerprint density at radius 1 is 1.00 bits per heavy atom. The van der Waals surface area contributed by atoms with E-state index in [1.54, 1.807) is 18.2 Å². The van der Waals surface area contributed by atoms with Gasteiger partial charge in [-0.2, -0.15) is 0 Å². The van der Waals surface area contributed by atoms with Crippen molar-refractivity contribution in [1.82, 2.24) is 5.32 Å². The van der Waals surface area contributed by atoms with E-state index in [0.717, 1.165) is 32.1 Å². The van der Waals surface area contributed by atoms with Gasteiger partial charge >= 0.3 is 0 Å². The van der Waals surface area contributed by atoms with Gasteiger partial charge in [0, 0.05) is 27.7 Å². The van der Waals surface area contributed by atoms with Crippen LogP contribution in [0.25, 0.3) is 0 Å². The van der Waals surface area contributed by atoms with Crippen molar-refractivity contribution in [2.24, 2.45) is 28.9 Å². The molecule has 2 aromatic rings. The molecule has 0 saturated heterocycles. The molecule has 4 N–H and O–H groups in total. The lowest BCUT2D eigenvalue weighted by molar-refractivity contribution is -0.145. The molecule has 174 valence electrons. The zero-order valence-electron chi connectivity index (χ0n) is 18.0. The molecule has 0 aromatic heterocycles. The van der Waals surface area contributed by atoms with E-state index in [4.69, 9.17) is 17.3 Å². The molecular weight excluding hydrogens is 462 g/mol. The summed E-state index contributed by atoms with van der Waals surface area (Å²) in [5, 5.41) is 3.62. The molecule has 2 aromatic carbocycles. The van der Waals surface area contributed by atoms with Gasteiger partial charge in [-0.15, -0.1) is 0 Å². The Morgan fingerprint density at radius 2 is 1.67 bits per heavy atom. The van der Waals surface area contributed by atoms with Gasteiger partial charge in [0.05, 0.1) is 4.90 Å². The topological polar surface area (TPSA) is 118 Å². The number of benzene rings is 2. The van der Waals surface area contributed by atoms with Gasteiger partial charge in [0.25, 0.3) is 15.9 Å². The number of carbonyl (C=O) groups is 2. The molecule has 2 unspecified atom stereocenters. The Morgan fingerprint density at radius 3 is 2.30 bits per heavy atom. The fraction of sp³-hybridized carbons (Fsp3) is 0.417. The zero-order chi connectivity index (χ0) is 23.4. The largest absolute Gasteiger partial charge is 0.369 e. The molecule has 0 heterocycles. The summed E-state index contributed by atoms with van der Waals surface area (Å²) in [6.45, 7) is 0. The highest BCUT2D eigenvalue weighted by Crippen LogP contribution is 2.59. The Hall–Kier alpha value is -2.58. The molecule has 7 nitrogen and oxygen atoms in total. The summed E-state index contributed by atoms with van der Waals surface area (Å²) in [7, 11) is -3.81. The molecule has 0 spiro atoms. The molecule has 2 atom stereocenters. The summed E-state index contributed by atoms with van der Waals surface area (Å²) in [6, 6.07) is 12.3. The minimum absolute atomic E-state index is 0.0101. The molecule has 9 heteroatoms. The maximum atomic E-state index is 13.1. The van der Waals surface area contributed by atoms with E-state index in [2.05, 4.69) is 10.0 Å². The Labute approximate surface area is 198 Å². The summed E-state index contributed by atoms with van der Waals surface area (Å²) in [5.74, 6) is 0.563. The number of anilines is 1. The lowest BCUT2D eigenvalue weighted by Crippen LogP contribution is -2.62. The number of hydrogen-bond acceptors (Lipinski definition) is 4. The smallest absolute Gasteiger partial charge is 0.261 e. The van der Waals surface area contributed by atoms with Crippen LogP contribution in [-0.4, -0.2) is 26.3 Å². The molecule has 4 fully saturated rings. The first-order valence-corrected chi connectivity index (χ1v) is 13.0. The van der Waals surface area contributed by atoms with Crippen LogP contribution in [0.15, 0.2) is 53.4 Å². The van der Waals surface area contributed by atoms with E-state index in [0.29, 0.717) is 22.2 Å². The summed E-state index contributed by atoms with van der Waals surface area (Å²) < 4.78 is 27.9. The lowest BCUT2D eigenvalue weighted by atomic mass is 9.47. The molecule has 2 amide bonds. The van der Waals surface area contributed by atoms with Crippen LogP contribution in [0.1, 0.15) is 42.5 Å². The summed E-state index contributed by atoms with van der Waals surface area (Å²) in [5.41, 5.74) is 6.03. The highest BCUT2D eigenvalue weighted by molar-refractivity contribution is 7.92. The van der Waals surface area contributed by atoms with Crippen molar-refractivity contribution in [3.05, 3.63) is 59.1 Å². The number of sulfonamides is 1. The molecule has 0 aliphatic heterocycles. The van der Waals surface area contributed by atoms with Gasteiger partial charge in [-0.1, -0.05) is 17.7 Å². The second-order valence-electron chi connectivity index (χ2n) is 9.75. The maximum absolute atomic E-state index is 13.1. The van der Waals surface area contributed by atoms with Crippen LogP contribution in [0, 0.1) is 23.2 Å². The van der Waals surface area contributed by atoms with Gasteiger partial charge in [0.2, 0.25) is 5.91 Å². The first-order chi connectivity index (χ1) is 15.6. The summed E-state index contributed by atoms with van der Waals surface area (Å²) >= 11 is 5.84. The maximum Gasteiger partial charge on any atom is 0.261 e. The highest BCUT2D eigenvalue weighted by Gasteiger charge is 2.58. The van der Waals surface area contributed by atoms with Crippen LogP contribution in [-0.2, 0) is 14.8 Å². The molecule has 6 rings (SSSR count). The standard InChI is InChI=1S/C24H26ClN3O4S/c25-18-4-6-20(7-5-18)33(31,32)28-19-3-1-2-15(10-19)22(29)27-21-16-8-14-9-17(21)13-24(11-14,12-16)23(26)30/h1-7,10,14,16-17,21,28H,8-9,11-13H2,(H2,26,30)(H,27,29). The predicted octanol–water partition coefficient (Wildman–Crippen LogP) is 3.55. The Kier molecular flexibility index (Phi) is 5.40. The minimum Gasteiger partial charge on any atom is -0.369 e. The molecule has 4 aliphatic carbocycles. The molecule has 4 bridgehead atoms. The molecule has 4 saturated carbocycles. The predicted molar refractivity (Wildman–Crippen MR) is 125 cm³/mol. The van der Waals surface area contributed by atoms with Gasteiger partial charge in [-0.05, 0) is 92.3 Å². The third-order valence-corrected chi connectivity index (χ3v) is 9.24.